The number of rotatable bonds is 3. The summed E-state index contributed by atoms with van der Waals surface area (Å²) in [7, 11) is 1.58. The molecule has 11 heteroatoms. The molecule has 0 spiro atoms. The van der Waals surface area contributed by atoms with Crippen molar-refractivity contribution in [3.8, 4) is 0 Å². The van der Waals surface area contributed by atoms with Crippen molar-refractivity contribution in [2.75, 3.05) is 30.8 Å². The molecule has 2 heterocycles. The molecule has 0 aliphatic carbocycles. The first kappa shape index (κ1) is 22.4. The predicted octanol–water partition coefficient (Wildman–Crippen LogP) is 4.26. The Morgan fingerprint density at radius 1 is 1.36 bits per heavy atom. The van der Waals surface area contributed by atoms with Gasteiger partial charge in [0.15, 0.2) is 5.15 Å². The van der Waals surface area contributed by atoms with E-state index in [4.69, 9.17) is 27.9 Å². The van der Waals surface area contributed by atoms with Crippen LogP contribution in [0.3, 0.4) is 0 Å². The van der Waals surface area contributed by atoms with Crippen LogP contribution in [-0.2, 0) is 9.53 Å². The molecule has 1 atom stereocenters. The maximum atomic E-state index is 14.2. The average molecular weight is 439 g/mol. The summed E-state index contributed by atoms with van der Waals surface area (Å²) in [6, 6.07) is 1.44. The van der Waals surface area contributed by atoms with Gasteiger partial charge in [0.2, 0.25) is 5.91 Å². The number of amides is 2. The first-order valence-corrected chi connectivity index (χ1v) is 9.27. The Labute approximate surface area is 171 Å². The number of halogens is 4. The number of ether oxygens (including phenoxy) is 1. The van der Waals surface area contributed by atoms with Crippen LogP contribution in [-0.4, -0.2) is 53.5 Å². The molecule has 28 heavy (non-hydrogen) atoms. The molecule has 1 saturated heterocycles. The molecule has 2 amide bonds. The van der Waals surface area contributed by atoms with E-state index >= 15 is 0 Å². The molecule has 2 N–H and O–H groups in total. The highest BCUT2D eigenvalue weighted by Crippen LogP contribution is 2.35. The van der Waals surface area contributed by atoms with Crippen molar-refractivity contribution in [3.05, 3.63) is 16.4 Å². The first-order valence-electron chi connectivity index (χ1n) is 8.52. The molecule has 156 valence electrons. The summed E-state index contributed by atoms with van der Waals surface area (Å²) in [5, 5.41) is 5.32. The van der Waals surface area contributed by atoms with Gasteiger partial charge in [0.1, 0.15) is 16.4 Å². The van der Waals surface area contributed by atoms with Crippen LogP contribution in [0.5, 0.6) is 0 Å². The smallest absolute Gasteiger partial charge is 0.410 e. The van der Waals surface area contributed by atoms with Crippen molar-refractivity contribution >= 4 is 46.6 Å². The van der Waals surface area contributed by atoms with Gasteiger partial charge in [-0.25, -0.2) is 18.6 Å². The Kier molecular flexibility index (Phi) is 6.60. The lowest BCUT2D eigenvalue weighted by Crippen LogP contribution is -2.53. The fraction of sp³-hybridized carbons (Fsp3) is 0.588. The largest absolute Gasteiger partial charge is 0.444 e. The van der Waals surface area contributed by atoms with Crippen LogP contribution < -0.4 is 10.6 Å². The molecule has 1 aliphatic heterocycles. The summed E-state index contributed by atoms with van der Waals surface area (Å²) in [5.41, 5.74) is -0.340. The summed E-state index contributed by atoms with van der Waals surface area (Å²) >= 11 is 11.8. The number of pyridine rings is 1. The van der Waals surface area contributed by atoms with Gasteiger partial charge >= 0.3 is 6.09 Å². The number of hydrogen-bond acceptors (Lipinski definition) is 5. The summed E-state index contributed by atoms with van der Waals surface area (Å²) in [5.74, 6) is -5.10. The molecule has 2 rings (SSSR count). The average Bonchev–Trinajstić information content (AvgIpc) is 2.53. The third-order valence-corrected chi connectivity index (χ3v) is 4.36. The maximum Gasteiger partial charge on any atom is 0.410 e. The van der Waals surface area contributed by atoms with Gasteiger partial charge in [-0.1, -0.05) is 23.2 Å². The van der Waals surface area contributed by atoms with E-state index in [0.717, 1.165) is 4.90 Å². The molecule has 7 nitrogen and oxygen atoms in total. The molecule has 0 saturated carbocycles. The lowest BCUT2D eigenvalue weighted by molar-refractivity contribution is -0.131. The molecule has 0 bridgehead atoms. The van der Waals surface area contributed by atoms with Gasteiger partial charge in [0.25, 0.3) is 5.92 Å². The topological polar surface area (TPSA) is 83.6 Å². The van der Waals surface area contributed by atoms with E-state index in [1.54, 1.807) is 27.8 Å². The van der Waals surface area contributed by atoms with E-state index in [2.05, 4.69) is 15.6 Å². The molecule has 1 aromatic rings. The lowest BCUT2D eigenvalue weighted by Gasteiger charge is -2.37. The van der Waals surface area contributed by atoms with E-state index in [-0.39, 0.29) is 22.5 Å². The normalized spacial score (nSPS) is 19.1. The Morgan fingerprint density at radius 3 is 2.57 bits per heavy atom. The van der Waals surface area contributed by atoms with Crippen molar-refractivity contribution in [1.29, 1.82) is 0 Å². The monoisotopic (exact) mass is 438 g/mol. The number of piperidine rings is 1. The molecule has 1 fully saturated rings. The molecular weight excluding hydrogens is 417 g/mol. The van der Waals surface area contributed by atoms with Crippen LogP contribution in [0.4, 0.5) is 25.0 Å². The van der Waals surface area contributed by atoms with E-state index in [1.165, 1.54) is 6.07 Å². The van der Waals surface area contributed by atoms with Gasteiger partial charge in [0.05, 0.1) is 18.2 Å². The second-order valence-corrected chi connectivity index (χ2v) is 8.26. The highest BCUT2D eigenvalue weighted by atomic mass is 35.5. The third kappa shape index (κ3) is 5.81. The van der Waals surface area contributed by atoms with Gasteiger partial charge in [-0.3, -0.25) is 4.79 Å². The number of nitrogens with one attached hydrogen (secondary N) is 2. The molecule has 1 aliphatic rings. The van der Waals surface area contributed by atoms with Gasteiger partial charge in [-0.15, -0.1) is 0 Å². The number of likely N-dealkylation sites (tertiary alicyclic amines) is 1. The first-order chi connectivity index (χ1) is 12.8. The Bertz CT molecular complexity index is 772. The van der Waals surface area contributed by atoms with E-state index in [1.807, 2.05) is 0 Å². The molecule has 1 unspecified atom stereocenters. The SMILES string of the molecule is CNc1cc(Cl)nc(Cl)c1NC(=O)C1CN(C(=O)OC(C)(C)C)CC(F)(F)C1. The predicted molar refractivity (Wildman–Crippen MR) is 103 cm³/mol. The zero-order valence-corrected chi connectivity index (χ0v) is 17.4. The maximum absolute atomic E-state index is 14.2. The third-order valence-electron chi connectivity index (χ3n) is 3.89. The van der Waals surface area contributed by atoms with Crippen molar-refractivity contribution in [2.24, 2.45) is 5.92 Å². The fourth-order valence-electron chi connectivity index (χ4n) is 2.77. The number of anilines is 2. The lowest BCUT2D eigenvalue weighted by atomic mass is 9.94. The van der Waals surface area contributed by atoms with E-state index < -0.39 is 42.4 Å². The Hall–Kier alpha value is -1.87. The minimum atomic E-state index is -3.23. The van der Waals surface area contributed by atoms with Crippen LogP contribution >= 0.6 is 23.2 Å². The van der Waals surface area contributed by atoms with Crippen LogP contribution in [0.1, 0.15) is 27.2 Å². The standard InChI is InChI=1S/C17H22Cl2F2N4O3/c1-16(2,3)28-15(27)25-7-9(6-17(20,21)8-25)14(26)24-12-10(22-4)5-11(18)23-13(12)19/h5,9H,6-8H2,1-4H3,(H,22,23)(H,24,26). The van der Waals surface area contributed by atoms with Gasteiger partial charge in [-0.2, -0.15) is 0 Å². The molecular formula is C17H22Cl2F2N4O3. The quantitative estimate of drug-likeness (QED) is 0.688. The zero-order chi connectivity index (χ0) is 21.3. The van der Waals surface area contributed by atoms with Crippen LogP contribution in [0.15, 0.2) is 6.07 Å². The summed E-state index contributed by atoms with van der Waals surface area (Å²) < 4.78 is 33.5. The second-order valence-electron chi connectivity index (χ2n) is 7.52. The number of hydrogen-bond donors (Lipinski definition) is 2. The van der Waals surface area contributed by atoms with Crippen LogP contribution in [0, 0.1) is 5.92 Å². The van der Waals surface area contributed by atoms with Crippen molar-refractivity contribution in [2.45, 2.75) is 38.7 Å². The van der Waals surface area contributed by atoms with Crippen LogP contribution in [0.2, 0.25) is 10.3 Å². The number of nitrogens with zero attached hydrogens (tertiary/aromatic N) is 2. The van der Waals surface area contributed by atoms with Gasteiger partial charge in [0, 0.05) is 26.1 Å². The minimum Gasteiger partial charge on any atom is -0.444 e. The molecule has 0 aromatic carbocycles. The second kappa shape index (κ2) is 8.24. The number of alkyl halides is 2. The van der Waals surface area contributed by atoms with Crippen molar-refractivity contribution < 1.29 is 23.1 Å². The highest BCUT2D eigenvalue weighted by molar-refractivity contribution is 6.35. The number of carbonyl (C=O) groups excluding carboxylic acids is 2. The minimum absolute atomic E-state index is 0.0863. The van der Waals surface area contributed by atoms with Gasteiger partial charge in [-0.05, 0) is 20.8 Å². The van der Waals surface area contributed by atoms with E-state index in [9.17, 15) is 18.4 Å². The zero-order valence-electron chi connectivity index (χ0n) is 15.9. The molecule has 0 radical (unpaired) electrons. The highest BCUT2D eigenvalue weighted by Gasteiger charge is 2.45. The number of aromatic nitrogens is 1. The molecule has 1 aromatic heterocycles. The van der Waals surface area contributed by atoms with E-state index in [0.29, 0.717) is 5.69 Å². The summed E-state index contributed by atoms with van der Waals surface area (Å²) in [4.78, 5) is 29.5. The summed E-state index contributed by atoms with van der Waals surface area (Å²) in [6.07, 6.45) is -1.60. The summed E-state index contributed by atoms with van der Waals surface area (Å²) in [6.45, 7) is 3.88. The van der Waals surface area contributed by atoms with Crippen LogP contribution in [0.25, 0.3) is 0 Å². The Morgan fingerprint density at radius 2 is 2.00 bits per heavy atom. The number of carbonyl (C=O) groups is 2. The van der Waals surface area contributed by atoms with Gasteiger partial charge < -0.3 is 20.3 Å². The Balaban J connectivity index is 2.20. The van der Waals surface area contributed by atoms with Crippen molar-refractivity contribution in [1.82, 2.24) is 9.88 Å². The van der Waals surface area contributed by atoms with Crippen molar-refractivity contribution in [3.63, 3.8) is 0 Å². The fourth-order valence-corrected chi connectivity index (χ4v) is 3.24.